The lowest BCUT2D eigenvalue weighted by atomic mass is 9.89. The first kappa shape index (κ1) is 10.7. The maximum atomic E-state index is 4.28. The van der Waals surface area contributed by atoms with Crippen LogP contribution in [0.5, 0.6) is 0 Å². The van der Waals surface area contributed by atoms with Crippen LogP contribution in [0.1, 0.15) is 38.8 Å². The summed E-state index contributed by atoms with van der Waals surface area (Å²) in [7, 11) is 0. The van der Waals surface area contributed by atoms with Crippen LogP contribution in [0.25, 0.3) is 0 Å². The van der Waals surface area contributed by atoms with Gasteiger partial charge in [-0.1, -0.05) is 20.8 Å². The first-order valence-electron chi connectivity index (χ1n) is 5.83. The molecule has 0 saturated carbocycles. The highest BCUT2D eigenvalue weighted by molar-refractivity contribution is 5.11. The van der Waals surface area contributed by atoms with Gasteiger partial charge in [-0.2, -0.15) is 0 Å². The fourth-order valence-electron chi connectivity index (χ4n) is 1.87. The summed E-state index contributed by atoms with van der Waals surface area (Å²) in [5, 5.41) is 3.31. The molecule has 1 N–H and O–H groups in total. The standard InChI is InChI=1S/C12H21N3/c1-4-12(2,3)8-15-9-14-7-11(15)10-5-13-6-10/h7,9-10,13H,4-6,8H2,1-3H3. The zero-order chi connectivity index (χ0) is 10.9. The lowest BCUT2D eigenvalue weighted by molar-refractivity contribution is 0.283. The SMILES string of the molecule is CCC(C)(C)Cn1cncc1C1CNC1. The van der Waals surface area contributed by atoms with E-state index < -0.39 is 0 Å². The van der Waals surface area contributed by atoms with Gasteiger partial charge in [-0.05, 0) is 11.8 Å². The predicted octanol–water partition coefficient (Wildman–Crippen LogP) is 2.01. The molecule has 0 unspecified atom stereocenters. The van der Waals surface area contributed by atoms with Crippen LogP contribution in [-0.2, 0) is 6.54 Å². The summed E-state index contributed by atoms with van der Waals surface area (Å²) in [6.45, 7) is 10.2. The van der Waals surface area contributed by atoms with Gasteiger partial charge in [-0.15, -0.1) is 0 Å². The molecule has 0 radical (unpaired) electrons. The number of aromatic nitrogens is 2. The molecule has 1 aliphatic rings. The molecule has 0 spiro atoms. The highest BCUT2D eigenvalue weighted by atomic mass is 15.1. The Kier molecular flexibility index (Phi) is 2.83. The van der Waals surface area contributed by atoms with Gasteiger partial charge in [0.25, 0.3) is 0 Å². The molecule has 1 aromatic heterocycles. The topological polar surface area (TPSA) is 29.9 Å². The van der Waals surface area contributed by atoms with Crippen molar-refractivity contribution in [1.29, 1.82) is 0 Å². The summed E-state index contributed by atoms with van der Waals surface area (Å²) in [5.74, 6) is 0.681. The maximum absolute atomic E-state index is 4.28. The number of rotatable bonds is 4. The van der Waals surface area contributed by atoms with Crippen molar-refractivity contribution in [2.75, 3.05) is 13.1 Å². The van der Waals surface area contributed by atoms with E-state index in [1.807, 2.05) is 12.5 Å². The van der Waals surface area contributed by atoms with Crippen molar-refractivity contribution in [3.63, 3.8) is 0 Å². The Morgan fingerprint density at radius 1 is 1.53 bits per heavy atom. The van der Waals surface area contributed by atoms with Gasteiger partial charge < -0.3 is 9.88 Å². The maximum Gasteiger partial charge on any atom is 0.0948 e. The molecule has 1 fully saturated rings. The Bertz CT molecular complexity index is 323. The first-order chi connectivity index (χ1) is 7.12. The van der Waals surface area contributed by atoms with E-state index in [0.717, 1.165) is 19.6 Å². The first-order valence-corrected chi connectivity index (χ1v) is 5.83. The van der Waals surface area contributed by atoms with E-state index in [4.69, 9.17) is 0 Å². The summed E-state index contributed by atoms with van der Waals surface area (Å²) < 4.78 is 2.33. The molecular weight excluding hydrogens is 186 g/mol. The number of hydrogen-bond donors (Lipinski definition) is 1. The fraction of sp³-hybridized carbons (Fsp3) is 0.750. The average molecular weight is 207 g/mol. The van der Waals surface area contributed by atoms with Gasteiger partial charge in [0.1, 0.15) is 0 Å². The predicted molar refractivity (Wildman–Crippen MR) is 61.9 cm³/mol. The molecule has 0 aromatic carbocycles. The smallest absolute Gasteiger partial charge is 0.0948 e. The van der Waals surface area contributed by atoms with E-state index in [1.165, 1.54) is 12.1 Å². The van der Waals surface area contributed by atoms with Crippen molar-refractivity contribution in [2.45, 2.75) is 39.7 Å². The summed E-state index contributed by atoms with van der Waals surface area (Å²) in [6.07, 6.45) is 5.20. The summed E-state index contributed by atoms with van der Waals surface area (Å²) >= 11 is 0. The molecule has 0 atom stereocenters. The molecule has 3 heteroatoms. The number of nitrogens with one attached hydrogen (secondary N) is 1. The second-order valence-electron chi connectivity index (χ2n) is 5.32. The third-order valence-electron chi connectivity index (χ3n) is 3.50. The molecule has 2 rings (SSSR count). The van der Waals surface area contributed by atoms with Gasteiger partial charge in [-0.25, -0.2) is 4.98 Å². The summed E-state index contributed by atoms with van der Waals surface area (Å²) in [4.78, 5) is 4.28. The summed E-state index contributed by atoms with van der Waals surface area (Å²) in [5.41, 5.74) is 1.77. The second-order valence-corrected chi connectivity index (χ2v) is 5.32. The highest BCUT2D eigenvalue weighted by Crippen LogP contribution is 2.26. The second kappa shape index (κ2) is 3.97. The van der Waals surface area contributed by atoms with E-state index >= 15 is 0 Å². The van der Waals surface area contributed by atoms with E-state index in [-0.39, 0.29) is 0 Å². The molecule has 84 valence electrons. The van der Waals surface area contributed by atoms with Crippen molar-refractivity contribution in [3.8, 4) is 0 Å². The van der Waals surface area contributed by atoms with Crippen LogP contribution < -0.4 is 5.32 Å². The molecule has 0 aliphatic carbocycles. The molecular formula is C12H21N3. The summed E-state index contributed by atoms with van der Waals surface area (Å²) in [6, 6.07) is 0. The Labute approximate surface area is 91.9 Å². The van der Waals surface area contributed by atoms with Crippen LogP contribution >= 0.6 is 0 Å². The largest absolute Gasteiger partial charge is 0.334 e. The minimum absolute atomic E-state index is 0.368. The third-order valence-corrected chi connectivity index (χ3v) is 3.50. The monoisotopic (exact) mass is 207 g/mol. The number of hydrogen-bond acceptors (Lipinski definition) is 2. The zero-order valence-electron chi connectivity index (χ0n) is 9.95. The number of imidazole rings is 1. The van der Waals surface area contributed by atoms with Crippen molar-refractivity contribution in [3.05, 3.63) is 18.2 Å². The minimum atomic E-state index is 0.368. The zero-order valence-corrected chi connectivity index (χ0v) is 9.95. The van der Waals surface area contributed by atoms with E-state index in [2.05, 4.69) is 35.6 Å². The normalized spacial score (nSPS) is 17.8. The Morgan fingerprint density at radius 2 is 2.27 bits per heavy atom. The molecule has 1 saturated heterocycles. The van der Waals surface area contributed by atoms with Crippen molar-refractivity contribution >= 4 is 0 Å². The van der Waals surface area contributed by atoms with Crippen molar-refractivity contribution in [2.24, 2.45) is 5.41 Å². The Morgan fingerprint density at radius 3 is 2.80 bits per heavy atom. The van der Waals surface area contributed by atoms with E-state index in [1.54, 1.807) is 0 Å². The highest BCUT2D eigenvalue weighted by Gasteiger charge is 2.24. The molecule has 2 heterocycles. The minimum Gasteiger partial charge on any atom is -0.334 e. The molecule has 15 heavy (non-hydrogen) atoms. The van der Waals surface area contributed by atoms with Crippen LogP contribution in [0, 0.1) is 5.41 Å². The molecule has 1 aromatic rings. The van der Waals surface area contributed by atoms with Crippen LogP contribution in [0.3, 0.4) is 0 Å². The van der Waals surface area contributed by atoms with Crippen LogP contribution in [0.4, 0.5) is 0 Å². The quantitative estimate of drug-likeness (QED) is 0.818. The van der Waals surface area contributed by atoms with Gasteiger partial charge in [0.2, 0.25) is 0 Å². The van der Waals surface area contributed by atoms with Gasteiger partial charge in [0.15, 0.2) is 0 Å². The van der Waals surface area contributed by atoms with Crippen LogP contribution in [0.2, 0.25) is 0 Å². The van der Waals surface area contributed by atoms with Crippen molar-refractivity contribution < 1.29 is 0 Å². The fourth-order valence-corrected chi connectivity index (χ4v) is 1.87. The van der Waals surface area contributed by atoms with Crippen LogP contribution in [-0.4, -0.2) is 22.6 Å². The molecule has 0 bridgehead atoms. The van der Waals surface area contributed by atoms with Crippen molar-refractivity contribution in [1.82, 2.24) is 14.9 Å². The third kappa shape index (κ3) is 2.23. The number of nitrogens with zero attached hydrogens (tertiary/aromatic N) is 2. The molecule has 1 aliphatic heterocycles. The van der Waals surface area contributed by atoms with E-state index in [9.17, 15) is 0 Å². The van der Waals surface area contributed by atoms with Gasteiger partial charge >= 0.3 is 0 Å². The van der Waals surface area contributed by atoms with Gasteiger partial charge in [-0.3, -0.25) is 0 Å². The Balaban J connectivity index is 2.10. The average Bonchev–Trinajstić information content (AvgIpc) is 2.50. The van der Waals surface area contributed by atoms with Crippen LogP contribution in [0.15, 0.2) is 12.5 Å². The Hall–Kier alpha value is -0.830. The van der Waals surface area contributed by atoms with E-state index in [0.29, 0.717) is 11.3 Å². The lowest BCUT2D eigenvalue weighted by Crippen LogP contribution is -2.41. The lowest BCUT2D eigenvalue weighted by Gasteiger charge is -2.30. The van der Waals surface area contributed by atoms with Gasteiger partial charge in [0.05, 0.1) is 6.33 Å². The van der Waals surface area contributed by atoms with Gasteiger partial charge in [0, 0.05) is 37.4 Å². The molecule has 3 nitrogen and oxygen atoms in total. The molecule has 0 amide bonds.